The smallest absolute Gasteiger partial charge is 0.163 e. The van der Waals surface area contributed by atoms with Crippen molar-refractivity contribution in [2.24, 2.45) is 0 Å². The summed E-state index contributed by atoms with van der Waals surface area (Å²) in [5.41, 5.74) is 1.74. The quantitative estimate of drug-likeness (QED) is 0.906. The van der Waals surface area contributed by atoms with Gasteiger partial charge < -0.3 is 14.9 Å². The molecule has 2 aromatic carbocycles. The first-order valence-corrected chi connectivity index (χ1v) is 7.27. The molecule has 1 aliphatic heterocycles. The van der Waals surface area contributed by atoms with Crippen molar-refractivity contribution < 1.29 is 19.7 Å². The number of hydrogen-bond donors (Lipinski definition) is 2. The van der Waals surface area contributed by atoms with E-state index in [4.69, 9.17) is 4.74 Å². The van der Waals surface area contributed by atoms with E-state index in [1.807, 2.05) is 6.08 Å². The summed E-state index contributed by atoms with van der Waals surface area (Å²) in [6, 6.07) is 13.4. The van der Waals surface area contributed by atoms with Crippen molar-refractivity contribution in [3.05, 3.63) is 77.6 Å². The van der Waals surface area contributed by atoms with E-state index in [2.05, 4.69) is 0 Å². The summed E-state index contributed by atoms with van der Waals surface area (Å²) in [6.45, 7) is 0. The summed E-state index contributed by atoms with van der Waals surface area (Å²) in [4.78, 5) is 11.9. The fraction of sp³-hybridized carbons (Fsp3) is 0.105. The van der Waals surface area contributed by atoms with Gasteiger partial charge in [-0.15, -0.1) is 0 Å². The van der Waals surface area contributed by atoms with E-state index in [9.17, 15) is 15.0 Å². The first-order chi connectivity index (χ1) is 11.1. The van der Waals surface area contributed by atoms with Crippen molar-refractivity contribution in [1.82, 2.24) is 0 Å². The zero-order valence-corrected chi connectivity index (χ0v) is 12.3. The largest absolute Gasteiger partial charge is 0.508 e. The maximum Gasteiger partial charge on any atom is 0.163 e. The van der Waals surface area contributed by atoms with Gasteiger partial charge in [-0.1, -0.05) is 30.3 Å². The number of phenols is 2. The number of aromatic hydroxyl groups is 2. The minimum atomic E-state index is -0.354. The SMILES string of the molecule is O=C1C=C(C=Cc2ccc(O)cc2)OC(c2ccc(O)cc2)C1. The van der Waals surface area contributed by atoms with Crippen molar-refractivity contribution in [2.45, 2.75) is 12.5 Å². The first-order valence-electron chi connectivity index (χ1n) is 7.27. The molecule has 0 bridgehead atoms. The highest BCUT2D eigenvalue weighted by Gasteiger charge is 2.22. The van der Waals surface area contributed by atoms with E-state index < -0.39 is 0 Å². The fourth-order valence-corrected chi connectivity index (χ4v) is 2.37. The van der Waals surface area contributed by atoms with E-state index in [1.165, 1.54) is 6.08 Å². The normalized spacial score (nSPS) is 17.8. The van der Waals surface area contributed by atoms with Crippen LogP contribution in [-0.4, -0.2) is 16.0 Å². The van der Waals surface area contributed by atoms with E-state index in [1.54, 1.807) is 54.6 Å². The van der Waals surface area contributed by atoms with Gasteiger partial charge in [0.2, 0.25) is 0 Å². The summed E-state index contributed by atoms with van der Waals surface area (Å²) >= 11 is 0. The predicted molar refractivity (Wildman–Crippen MR) is 86.8 cm³/mol. The molecule has 0 radical (unpaired) electrons. The van der Waals surface area contributed by atoms with Crippen LogP contribution in [0, 0.1) is 0 Å². The molecule has 0 fully saturated rings. The Morgan fingerprint density at radius 2 is 1.52 bits per heavy atom. The van der Waals surface area contributed by atoms with Crippen LogP contribution in [-0.2, 0) is 9.53 Å². The Kier molecular flexibility index (Phi) is 4.15. The Bertz CT molecular complexity index is 755. The Morgan fingerprint density at radius 1 is 0.913 bits per heavy atom. The van der Waals surface area contributed by atoms with Gasteiger partial charge in [-0.05, 0) is 41.5 Å². The molecule has 4 nitrogen and oxygen atoms in total. The molecule has 1 atom stereocenters. The average molecular weight is 308 g/mol. The highest BCUT2D eigenvalue weighted by atomic mass is 16.5. The van der Waals surface area contributed by atoms with Crippen molar-refractivity contribution >= 4 is 11.9 Å². The number of carbonyl (C=O) groups is 1. The van der Waals surface area contributed by atoms with E-state index in [0.717, 1.165) is 11.1 Å². The van der Waals surface area contributed by atoms with Gasteiger partial charge in [0, 0.05) is 6.08 Å². The van der Waals surface area contributed by atoms with Gasteiger partial charge in [0.05, 0.1) is 6.42 Å². The molecule has 0 amide bonds. The average Bonchev–Trinajstić information content (AvgIpc) is 2.54. The van der Waals surface area contributed by atoms with Crippen molar-refractivity contribution in [1.29, 1.82) is 0 Å². The van der Waals surface area contributed by atoms with Gasteiger partial charge in [-0.2, -0.15) is 0 Å². The number of allylic oxidation sites excluding steroid dienone is 2. The molecule has 3 rings (SSSR count). The molecular formula is C19H16O4. The second-order valence-corrected chi connectivity index (χ2v) is 5.34. The summed E-state index contributed by atoms with van der Waals surface area (Å²) in [5.74, 6) is 0.879. The Labute approximate surface area is 134 Å². The van der Waals surface area contributed by atoms with Gasteiger partial charge in [0.25, 0.3) is 0 Å². The molecule has 0 aliphatic carbocycles. The molecule has 2 N–H and O–H groups in total. The first kappa shape index (κ1) is 14.9. The molecule has 1 heterocycles. The molecule has 0 spiro atoms. The molecule has 2 aromatic rings. The molecule has 0 saturated heterocycles. The number of rotatable bonds is 3. The van der Waals surface area contributed by atoms with Crippen LogP contribution < -0.4 is 0 Å². The molecule has 1 unspecified atom stereocenters. The molecule has 4 heteroatoms. The summed E-state index contributed by atoms with van der Waals surface area (Å²) < 4.78 is 5.85. The molecule has 116 valence electrons. The van der Waals surface area contributed by atoms with Crippen molar-refractivity contribution in [2.75, 3.05) is 0 Å². The van der Waals surface area contributed by atoms with Gasteiger partial charge in [0.15, 0.2) is 5.78 Å². The topological polar surface area (TPSA) is 66.8 Å². The van der Waals surface area contributed by atoms with Crippen LogP contribution in [0.4, 0.5) is 0 Å². The molecule has 0 saturated carbocycles. The third kappa shape index (κ3) is 3.80. The molecule has 1 aliphatic rings. The minimum Gasteiger partial charge on any atom is -0.508 e. The van der Waals surface area contributed by atoms with Crippen LogP contribution in [0.15, 0.2) is 66.4 Å². The number of phenolic OH excluding ortho intramolecular Hbond substituents is 2. The van der Waals surface area contributed by atoms with Crippen LogP contribution >= 0.6 is 0 Å². The Balaban J connectivity index is 1.76. The predicted octanol–water partition coefficient (Wildman–Crippen LogP) is 3.73. The van der Waals surface area contributed by atoms with Crippen LogP contribution in [0.25, 0.3) is 6.08 Å². The Morgan fingerprint density at radius 3 is 2.17 bits per heavy atom. The third-order valence-electron chi connectivity index (χ3n) is 3.57. The molecular weight excluding hydrogens is 292 g/mol. The van der Waals surface area contributed by atoms with E-state index >= 15 is 0 Å². The van der Waals surface area contributed by atoms with E-state index in [0.29, 0.717) is 5.76 Å². The number of ether oxygens (including phenoxy) is 1. The zero-order valence-electron chi connectivity index (χ0n) is 12.3. The lowest BCUT2D eigenvalue weighted by atomic mass is 10.0. The lowest BCUT2D eigenvalue weighted by molar-refractivity contribution is -0.118. The third-order valence-corrected chi connectivity index (χ3v) is 3.57. The molecule has 23 heavy (non-hydrogen) atoms. The number of ketones is 1. The fourth-order valence-electron chi connectivity index (χ4n) is 2.37. The van der Waals surface area contributed by atoms with Gasteiger partial charge in [0.1, 0.15) is 23.4 Å². The Hall–Kier alpha value is -3.01. The minimum absolute atomic E-state index is 0.000295. The zero-order chi connectivity index (χ0) is 16.2. The van der Waals surface area contributed by atoms with Crippen LogP contribution in [0.3, 0.4) is 0 Å². The van der Waals surface area contributed by atoms with Gasteiger partial charge in [-0.25, -0.2) is 0 Å². The lowest BCUT2D eigenvalue weighted by Crippen LogP contribution is -2.14. The van der Waals surface area contributed by atoms with E-state index in [-0.39, 0.29) is 29.8 Å². The maximum atomic E-state index is 11.9. The lowest BCUT2D eigenvalue weighted by Gasteiger charge is -2.23. The summed E-state index contributed by atoms with van der Waals surface area (Å²) in [6.07, 6.45) is 4.96. The molecule has 0 aromatic heterocycles. The van der Waals surface area contributed by atoms with Crippen LogP contribution in [0.1, 0.15) is 23.7 Å². The van der Waals surface area contributed by atoms with Gasteiger partial charge in [-0.3, -0.25) is 4.79 Å². The maximum absolute atomic E-state index is 11.9. The number of benzene rings is 2. The van der Waals surface area contributed by atoms with Gasteiger partial charge >= 0.3 is 0 Å². The summed E-state index contributed by atoms with van der Waals surface area (Å²) in [7, 11) is 0. The van der Waals surface area contributed by atoms with Crippen molar-refractivity contribution in [3.8, 4) is 11.5 Å². The summed E-state index contributed by atoms with van der Waals surface area (Å²) in [5, 5.41) is 18.6. The number of carbonyl (C=O) groups excluding carboxylic acids is 1. The highest BCUT2D eigenvalue weighted by molar-refractivity contribution is 5.91. The second kappa shape index (κ2) is 6.40. The van der Waals surface area contributed by atoms with Crippen LogP contribution in [0.5, 0.6) is 11.5 Å². The van der Waals surface area contributed by atoms with Crippen molar-refractivity contribution in [3.63, 3.8) is 0 Å². The standard InChI is InChI=1S/C19H16O4/c20-15-6-1-13(2-7-15)3-10-18-11-17(22)12-19(23-18)14-4-8-16(21)9-5-14/h1-11,19-21H,12H2. The highest BCUT2D eigenvalue weighted by Crippen LogP contribution is 2.30. The second-order valence-electron chi connectivity index (χ2n) is 5.34. The monoisotopic (exact) mass is 308 g/mol. The number of hydrogen-bond acceptors (Lipinski definition) is 4. The van der Waals surface area contributed by atoms with Crippen LogP contribution in [0.2, 0.25) is 0 Å².